The summed E-state index contributed by atoms with van der Waals surface area (Å²) in [5, 5.41) is 5.90. The minimum atomic E-state index is -0.0128. The summed E-state index contributed by atoms with van der Waals surface area (Å²) in [7, 11) is 0. The molecule has 60 valence electrons. The maximum atomic E-state index is 10.8. The molecule has 3 nitrogen and oxygen atoms in total. The number of carbonyl (C=O) groups excluding carboxylic acids is 1. The standard InChI is InChI=1S/C6H12N2O.ClH/c1-4-3-7-5(2)6(9)8-4;/h4-5,7H,3H2,1-2H3,(H,8,9);1H/t4-,5-;/m0./s1. The van der Waals surface area contributed by atoms with Crippen LogP contribution >= 0.6 is 12.4 Å². The lowest BCUT2D eigenvalue weighted by atomic mass is 10.2. The summed E-state index contributed by atoms with van der Waals surface area (Å²) in [5.41, 5.74) is 0. The SMILES string of the molecule is C[C@@H]1NC[C@H](C)NC1=O.Cl. The lowest BCUT2D eigenvalue weighted by Crippen LogP contribution is -2.55. The van der Waals surface area contributed by atoms with Gasteiger partial charge in [0, 0.05) is 12.6 Å². The van der Waals surface area contributed by atoms with Crippen LogP contribution in [0.2, 0.25) is 0 Å². The fourth-order valence-electron chi connectivity index (χ4n) is 0.865. The molecule has 1 fully saturated rings. The van der Waals surface area contributed by atoms with Gasteiger partial charge < -0.3 is 10.6 Å². The number of nitrogens with one attached hydrogen (secondary N) is 2. The Labute approximate surface area is 67.0 Å². The Hall–Kier alpha value is -0.280. The monoisotopic (exact) mass is 164 g/mol. The van der Waals surface area contributed by atoms with Crippen LogP contribution in [-0.4, -0.2) is 24.5 Å². The molecule has 0 spiro atoms. The van der Waals surface area contributed by atoms with Gasteiger partial charge in [0.1, 0.15) is 0 Å². The Bertz CT molecular complexity index is 129. The molecule has 0 saturated carbocycles. The highest BCUT2D eigenvalue weighted by molar-refractivity contribution is 5.85. The first-order valence-electron chi connectivity index (χ1n) is 3.24. The summed E-state index contributed by atoms with van der Waals surface area (Å²) in [6, 6.07) is 0.273. The highest BCUT2D eigenvalue weighted by Crippen LogP contribution is 1.91. The average Bonchev–Trinajstić information content (AvgIpc) is 1.80. The van der Waals surface area contributed by atoms with Gasteiger partial charge in [0.15, 0.2) is 0 Å². The molecule has 1 rings (SSSR count). The molecule has 1 heterocycles. The second-order valence-corrected chi connectivity index (χ2v) is 2.54. The summed E-state index contributed by atoms with van der Waals surface area (Å²) < 4.78 is 0. The summed E-state index contributed by atoms with van der Waals surface area (Å²) in [6.07, 6.45) is 0. The predicted molar refractivity (Wildman–Crippen MR) is 42.3 cm³/mol. The van der Waals surface area contributed by atoms with Gasteiger partial charge in [0.2, 0.25) is 5.91 Å². The smallest absolute Gasteiger partial charge is 0.237 e. The van der Waals surface area contributed by atoms with Crippen molar-refractivity contribution in [3.05, 3.63) is 0 Å². The number of halogens is 1. The van der Waals surface area contributed by atoms with Crippen LogP contribution in [0.1, 0.15) is 13.8 Å². The summed E-state index contributed by atoms with van der Waals surface area (Å²) >= 11 is 0. The number of carbonyl (C=O) groups is 1. The molecular weight excluding hydrogens is 152 g/mol. The number of rotatable bonds is 0. The fourth-order valence-corrected chi connectivity index (χ4v) is 0.865. The van der Waals surface area contributed by atoms with E-state index < -0.39 is 0 Å². The van der Waals surface area contributed by atoms with E-state index in [2.05, 4.69) is 10.6 Å². The molecule has 1 amide bonds. The van der Waals surface area contributed by atoms with E-state index >= 15 is 0 Å². The van der Waals surface area contributed by atoms with E-state index in [0.29, 0.717) is 0 Å². The molecule has 0 bridgehead atoms. The van der Waals surface area contributed by atoms with Crippen LogP contribution in [0.5, 0.6) is 0 Å². The first kappa shape index (κ1) is 9.72. The van der Waals surface area contributed by atoms with Crippen molar-refractivity contribution in [1.82, 2.24) is 10.6 Å². The lowest BCUT2D eigenvalue weighted by Gasteiger charge is -2.25. The van der Waals surface area contributed by atoms with Crippen molar-refractivity contribution in [3.63, 3.8) is 0 Å². The van der Waals surface area contributed by atoms with Crippen LogP contribution < -0.4 is 10.6 Å². The van der Waals surface area contributed by atoms with E-state index in [9.17, 15) is 4.79 Å². The largest absolute Gasteiger partial charge is 0.351 e. The van der Waals surface area contributed by atoms with Gasteiger partial charge in [-0.3, -0.25) is 4.79 Å². The van der Waals surface area contributed by atoms with Crippen molar-refractivity contribution in [1.29, 1.82) is 0 Å². The lowest BCUT2D eigenvalue weighted by molar-refractivity contribution is -0.124. The molecule has 1 aliphatic heterocycles. The third-order valence-corrected chi connectivity index (χ3v) is 1.51. The van der Waals surface area contributed by atoms with Gasteiger partial charge in [0.25, 0.3) is 0 Å². The third kappa shape index (κ3) is 2.15. The Morgan fingerprint density at radius 2 is 2.10 bits per heavy atom. The van der Waals surface area contributed by atoms with Crippen LogP contribution in [0.15, 0.2) is 0 Å². The summed E-state index contributed by atoms with van der Waals surface area (Å²) in [4.78, 5) is 10.8. The highest BCUT2D eigenvalue weighted by atomic mass is 35.5. The normalized spacial score (nSPS) is 32.4. The summed E-state index contributed by atoms with van der Waals surface area (Å²) in [5.74, 6) is 0.105. The zero-order chi connectivity index (χ0) is 6.85. The molecule has 0 aromatic carbocycles. The molecular formula is C6H13ClN2O. The Kier molecular flexibility index (Phi) is 3.68. The second-order valence-electron chi connectivity index (χ2n) is 2.54. The first-order valence-corrected chi connectivity index (χ1v) is 3.24. The van der Waals surface area contributed by atoms with Gasteiger partial charge in [-0.15, -0.1) is 12.4 Å². The van der Waals surface area contributed by atoms with E-state index in [4.69, 9.17) is 0 Å². The Morgan fingerprint density at radius 1 is 1.50 bits per heavy atom. The van der Waals surface area contributed by atoms with E-state index in [1.165, 1.54) is 0 Å². The van der Waals surface area contributed by atoms with Crippen LogP contribution in [-0.2, 0) is 4.79 Å². The molecule has 0 unspecified atom stereocenters. The van der Waals surface area contributed by atoms with Crippen molar-refractivity contribution in [3.8, 4) is 0 Å². The minimum absolute atomic E-state index is 0. The van der Waals surface area contributed by atoms with E-state index in [0.717, 1.165) is 6.54 Å². The number of hydrogen-bond acceptors (Lipinski definition) is 2. The van der Waals surface area contributed by atoms with Crippen molar-refractivity contribution in [2.24, 2.45) is 0 Å². The van der Waals surface area contributed by atoms with Crippen molar-refractivity contribution < 1.29 is 4.79 Å². The van der Waals surface area contributed by atoms with E-state index in [1.807, 2.05) is 13.8 Å². The van der Waals surface area contributed by atoms with Crippen LogP contribution in [0, 0.1) is 0 Å². The van der Waals surface area contributed by atoms with Gasteiger partial charge in [-0.25, -0.2) is 0 Å². The zero-order valence-electron chi connectivity index (χ0n) is 6.18. The fraction of sp³-hybridized carbons (Fsp3) is 0.833. The average molecular weight is 165 g/mol. The molecule has 1 saturated heterocycles. The molecule has 4 heteroatoms. The molecule has 2 N–H and O–H groups in total. The molecule has 0 aliphatic carbocycles. The maximum Gasteiger partial charge on any atom is 0.237 e. The molecule has 0 aromatic heterocycles. The van der Waals surface area contributed by atoms with Crippen LogP contribution in [0.3, 0.4) is 0 Å². The van der Waals surface area contributed by atoms with E-state index in [1.54, 1.807) is 0 Å². The second kappa shape index (κ2) is 3.78. The van der Waals surface area contributed by atoms with Crippen LogP contribution in [0.4, 0.5) is 0 Å². The third-order valence-electron chi connectivity index (χ3n) is 1.51. The van der Waals surface area contributed by atoms with Gasteiger partial charge in [0.05, 0.1) is 6.04 Å². The highest BCUT2D eigenvalue weighted by Gasteiger charge is 2.19. The Balaban J connectivity index is 0.000000810. The predicted octanol–water partition coefficient (Wildman–Crippen LogP) is -0.0954. The molecule has 1 aliphatic rings. The summed E-state index contributed by atoms with van der Waals surface area (Å²) in [6.45, 7) is 4.73. The molecule has 0 radical (unpaired) electrons. The molecule has 2 atom stereocenters. The zero-order valence-corrected chi connectivity index (χ0v) is 6.99. The quantitative estimate of drug-likeness (QED) is 0.525. The van der Waals surface area contributed by atoms with Gasteiger partial charge in [-0.2, -0.15) is 0 Å². The van der Waals surface area contributed by atoms with Crippen molar-refractivity contribution in [2.75, 3.05) is 6.54 Å². The maximum absolute atomic E-state index is 10.8. The minimum Gasteiger partial charge on any atom is -0.351 e. The van der Waals surface area contributed by atoms with Gasteiger partial charge >= 0.3 is 0 Å². The molecule has 10 heavy (non-hydrogen) atoms. The number of piperazine rings is 1. The first-order chi connectivity index (χ1) is 4.20. The Morgan fingerprint density at radius 3 is 2.50 bits per heavy atom. The van der Waals surface area contributed by atoms with E-state index in [-0.39, 0.29) is 30.4 Å². The van der Waals surface area contributed by atoms with Crippen molar-refractivity contribution in [2.45, 2.75) is 25.9 Å². The molecule has 0 aromatic rings. The van der Waals surface area contributed by atoms with Gasteiger partial charge in [-0.05, 0) is 13.8 Å². The number of amides is 1. The van der Waals surface area contributed by atoms with Gasteiger partial charge in [-0.1, -0.05) is 0 Å². The van der Waals surface area contributed by atoms with Crippen LogP contribution in [0.25, 0.3) is 0 Å². The van der Waals surface area contributed by atoms with Crippen molar-refractivity contribution >= 4 is 18.3 Å². The number of hydrogen-bond donors (Lipinski definition) is 2. The topological polar surface area (TPSA) is 41.1 Å².